The second kappa shape index (κ2) is 6.71. The molecule has 0 aliphatic carbocycles. The van der Waals surface area contributed by atoms with Crippen molar-refractivity contribution in [1.82, 2.24) is 5.32 Å². The van der Waals surface area contributed by atoms with E-state index in [0.717, 1.165) is 6.07 Å². The van der Waals surface area contributed by atoms with Crippen LogP contribution in [-0.2, 0) is 6.54 Å². The summed E-state index contributed by atoms with van der Waals surface area (Å²) in [5, 5.41) is 2.65. The molecule has 0 aliphatic rings. The number of nitrogens with one attached hydrogen (secondary N) is 1. The van der Waals surface area contributed by atoms with E-state index in [2.05, 4.69) is 5.32 Å². The lowest BCUT2D eigenvalue weighted by Crippen LogP contribution is -2.23. The van der Waals surface area contributed by atoms with Crippen LogP contribution in [0.2, 0.25) is 0 Å². The summed E-state index contributed by atoms with van der Waals surface area (Å²) in [5.74, 6) is -1.26. The minimum absolute atomic E-state index is 0.105. The van der Waals surface area contributed by atoms with E-state index in [1.54, 1.807) is 24.3 Å². The number of halogens is 1. The molecule has 2 rings (SSSR count). The zero-order valence-corrected chi connectivity index (χ0v) is 11.9. The Bertz CT molecular complexity index is 716. The lowest BCUT2D eigenvalue weighted by atomic mass is 10.1. The molecule has 0 aliphatic heterocycles. The molecular weight excluding hydrogens is 287 g/mol. The van der Waals surface area contributed by atoms with E-state index in [4.69, 9.17) is 10.5 Å². The van der Waals surface area contributed by atoms with Crippen molar-refractivity contribution in [2.45, 2.75) is 6.54 Å². The summed E-state index contributed by atoms with van der Waals surface area (Å²) in [6, 6.07) is 10.3. The van der Waals surface area contributed by atoms with Crippen molar-refractivity contribution in [3.63, 3.8) is 0 Å². The van der Waals surface area contributed by atoms with Gasteiger partial charge in [-0.05, 0) is 35.9 Å². The van der Waals surface area contributed by atoms with E-state index in [-0.39, 0.29) is 17.9 Å². The normalized spacial score (nSPS) is 10.1. The summed E-state index contributed by atoms with van der Waals surface area (Å²) >= 11 is 0. The third kappa shape index (κ3) is 3.60. The van der Waals surface area contributed by atoms with Crippen molar-refractivity contribution < 1.29 is 18.7 Å². The number of carbonyl (C=O) groups excluding carboxylic acids is 2. The molecule has 114 valence electrons. The maximum Gasteiger partial charge on any atom is 0.255 e. The molecule has 0 bridgehead atoms. The molecule has 0 fully saturated rings. The Morgan fingerprint density at radius 2 is 2.00 bits per heavy atom. The minimum Gasteiger partial charge on any atom is -0.496 e. The van der Waals surface area contributed by atoms with Crippen molar-refractivity contribution in [1.29, 1.82) is 0 Å². The van der Waals surface area contributed by atoms with Crippen LogP contribution in [0.5, 0.6) is 5.75 Å². The summed E-state index contributed by atoms with van der Waals surface area (Å²) in [6.07, 6.45) is 0. The van der Waals surface area contributed by atoms with E-state index in [0.29, 0.717) is 11.1 Å². The smallest absolute Gasteiger partial charge is 0.255 e. The maximum absolute atomic E-state index is 13.3. The molecule has 0 saturated heterocycles. The number of ether oxygens (including phenoxy) is 1. The van der Waals surface area contributed by atoms with Crippen LogP contribution in [0.25, 0.3) is 0 Å². The molecule has 2 amide bonds. The van der Waals surface area contributed by atoms with Gasteiger partial charge >= 0.3 is 0 Å². The number of hydrogen-bond donors (Lipinski definition) is 2. The van der Waals surface area contributed by atoms with E-state index < -0.39 is 17.6 Å². The molecule has 0 heterocycles. The molecule has 0 atom stereocenters. The highest BCUT2D eigenvalue weighted by Gasteiger charge is 2.13. The first kappa shape index (κ1) is 15.5. The molecular formula is C16H15FN2O3. The van der Waals surface area contributed by atoms with Crippen molar-refractivity contribution in [2.75, 3.05) is 7.11 Å². The van der Waals surface area contributed by atoms with E-state index in [9.17, 15) is 14.0 Å². The Morgan fingerprint density at radius 3 is 2.68 bits per heavy atom. The summed E-state index contributed by atoms with van der Waals surface area (Å²) in [7, 11) is 1.40. The van der Waals surface area contributed by atoms with Gasteiger partial charge in [-0.3, -0.25) is 9.59 Å². The highest BCUT2D eigenvalue weighted by atomic mass is 19.1. The molecule has 3 N–H and O–H groups in total. The number of rotatable bonds is 5. The van der Waals surface area contributed by atoms with Gasteiger partial charge in [-0.1, -0.05) is 12.1 Å². The van der Waals surface area contributed by atoms with Gasteiger partial charge in [0, 0.05) is 12.1 Å². The molecule has 6 heteroatoms. The lowest BCUT2D eigenvalue weighted by molar-refractivity contribution is 0.0946. The summed E-state index contributed by atoms with van der Waals surface area (Å²) < 4.78 is 18.3. The fourth-order valence-corrected chi connectivity index (χ4v) is 1.97. The third-order valence-corrected chi connectivity index (χ3v) is 3.07. The van der Waals surface area contributed by atoms with Crippen LogP contribution >= 0.6 is 0 Å². The van der Waals surface area contributed by atoms with Gasteiger partial charge in [0.2, 0.25) is 5.91 Å². The van der Waals surface area contributed by atoms with Crippen molar-refractivity contribution in [2.24, 2.45) is 5.73 Å². The number of primary amides is 1. The van der Waals surface area contributed by atoms with Gasteiger partial charge in [0.05, 0.1) is 12.7 Å². The molecule has 22 heavy (non-hydrogen) atoms. The van der Waals surface area contributed by atoms with Crippen LogP contribution in [0.3, 0.4) is 0 Å². The van der Waals surface area contributed by atoms with Gasteiger partial charge in [0.15, 0.2) is 0 Å². The predicted molar refractivity (Wildman–Crippen MR) is 79.1 cm³/mol. The van der Waals surface area contributed by atoms with Gasteiger partial charge in [-0.15, -0.1) is 0 Å². The first-order valence-corrected chi connectivity index (χ1v) is 6.51. The van der Waals surface area contributed by atoms with Gasteiger partial charge in [-0.25, -0.2) is 4.39 Å². The highest BCUT2D eigenvalue weighted by molar-refractivity contribution is 5.97. The van der Waals surface area contributed by atoms with Crippen LogP contribution < -0.4 is 15.8 Å². The fourth-order valence-electron chi connectivity index (χ4n) is 1.97. The minimum atomic E-state index is -0.542. The molecule has 0 saturated carbocycles. The number of benzene rings is 2. The second-order valence-corrected chi connectivity index (χ2v) is 4.59. The van der Waals surface area contributed by atoms with Crippen LogP contribution in [0, 0.1) is 5.82 Å². The lowest BCUT2D eigenvalue weighted by Gasteiger charge is -2.10. The van der Waals surface area contributed by atoms with Gasteiger partial charge in [0.1, 0.15) is 11.6 Å². The Hall–Kier alpha value is -2.89. The van der Waals surface area contributed by atoms with Gasteiger partial charge in [0.25, 0.3) is 5.91 Å². The first-order valence-electron chi connectivity index (χ1n) is 6.51. The van der Waals surface area contributed by atoms with Gasteiger partial charge in [-0.2, -0.15) is 0 Å². The summed E-state index contributed by atoms with van der Waals surface area (Å²) in [5.41, 5.74) is 6.37. The van der Waals surface area contributed by atoms with E-state index in [1.165, 1.54) is 19.2 Å². The molecule has 0 unspecified atom stereocenters. The van der Waals surface area contributed by atoms with Crippen LogP contribution in [0.15, 0.2) is 42.5 Å². The maximum atomic E-state index is 13.3. The Morgan fingerprint density at radius 1 is 1.23 bits per heavy atom. The molecule has 0 spiro atoms. The SMILES string of the molecule is COc1ccc(F)cc1C(=O)NCc1cccc(C(N)=O)c1. The van der Waals surface area contributed by atoms with Gasteiger partial charge < -0.3 is 15.8 Å². The topological polar surface area (TPSA) is 81.4 Å². The highest BCUT2D eigenvalue weighted by Crippen LogP contribution is 2.19. The summed E-state index contributed by atoms with van der Waals surface area (Å²) in [4.78, 5) is 23.2. The van der Waals surface area contributed by atoms with Crippen LogP contribution in [-0.4, -0.2) is 18.9 Å². The van der Waals surface area contributed by atoms with Crippen molar-refractivity contribution >= 4 is 11.8 Å². The first-order chi connectivity index (χ1) is 10.5. The largest absolute Gasteiger partial charge is 0.496 e. The Labute approximate surface area is 126 Å². The molecule has 0 aromatic heterocycles. The Kier molecular flexibility index (Phi) is 4.73. The van der Waals surface area contributed by atoms with Crippen molar-refractivity contribution in [3.05, 3.63) is 65.0 Å². The van der Waals surface area contributed by atoms with E-state index >= 15 is 0 Å². The van der Waals surface area contributed by atoms with Crippen molar-refractivity contribution in [3.8, 4) is 5.75 Å². The fraction of sp³-hybridized carbons (Fsp3) is 0.125. The number of carbonyl (C=O) groups is 2. The molecule has 2 aromatic rings. The zero-order chi connectivity index (χ0) is 16.1. The number of nitrogens with two attached hydrogens (primary N) is 1. The number of amides is 2. The van der Waals surface area contributed by atoms with E-state index in [1.807, 2.05) is 0 Å². The standard InChI is InChI=1S/C16H15FN2O3/c1-22-14-6-5-12(17)8-13(14)16(21)19-9-10-3-2-4-11(7-10)15(18)20/h2-8H,9H2,1H3,(H2,18,20)(H,19,21). The predicted octanol–water partition coefficient (Wildman–Crippen LogP) is 1.86. The van der Waals surface area contributed by atoms with Crippen LogP contribution in [0.4, 0.5) is 4.39 Å². The number of methoxy groups -OCH3 is 1. The second-order valence-electron chi connectivity index (χ2n) is 4.59. The molecule has 5 nitrogen and oxygen atoms in total. The average molecular weight is 302 g/mol. The Balaban J connectivity index is 2.12. The quantitative estimate of drug-likeness (QED) is 0.884. The molecule has 0 radical (unpaired) electrons. The monoisotopic (exact) mass is 302 g/mol. The molecule has 2 aromatic carbocycles. The zero-order valence-electron chi connectivity index (χ0n) is 11.9. The summed E-state index contributed by atoms with van der Waals surface area (Å²) in [6.45, 7) is 0.180. The number of hydrogen-bond acceptors (Lipinski definition) is 3. The van der Waals surface area contributed by atoms with Crippen LogP contribution in [0.1, 0.15) is 26.3 Å². The third-order valence-electron chi connectivity index (χ3n) is 3.07. The average Bonchev–Trinajstić information content (AvgIpc) is 2.52.